The predicted molar refractivity (Wildman–Crippen MR) is 86.2 cm³/mol. The Bertz CT molecular complexity index is 624. The zero-order valence-corrected chi connectivity index (χ0v) is 13.9. The summed E-state index contributed by atoms with van der Waals surface area (Å²) in [5.74, 6) is 0.914. The SMILES string of the molecule is Cc1nn(-c2ccc(C(C)C)c(Cl)c2)c(C)c1C(C)C. The van der Waals surface area contributed by atoms with Crippen LogP contribution in [0.5, 0.6) is 0 Å². The van der Waals surface area contributed by atoms with Crippen LogP contribution in [0.15, 0.2) is 18.2 Å². The zero-order valence-electron chi connectivity index (χ0n) is 13.2. The first-order valence-electron chi connectivity index (χ1n) is 7.18. The highest BCUT2D eigenvalue weighted by Gasteiger charge is 2.16. The van der Waals surface area contributed by atoms with Crippen LogP contribution in [0.2, 0.25) is 5.02 Å². The average Bonchev–Trinajstić information content (AvgIpc) is 2.64. The van der Waals surface area contributed by atoms with E-state index in [1.165, 1.54) is 16.8 Å². The van der Waals surface area contributed by atoms with Gasteiger partial charge < -0.3 is 0 Å². The van der Waals surface area contributed by atoms with Gasteiger partial charge in [0.1, 0.15) is 0 Å². The normalized spacial score (nSPS) is 11.7. The van der Waals surface area contributed by atoms with E-state index in [0.717, 1.165) is 16.4 Å². The van der Waals surface area contributed by atoms with Crippen LogP contribution in [0.3, 0.4) is 0 Å². The van der Waals surface area contributed by atoms with Gasteiger partial charge in [-0.3, -0.25) is 0 Å². The van der Waals surface area contributed by atoms with E-state index >= 15 is 0 Å². The lowest BCUT2D eigenvalue weighted by Crippen LogP contribution is -2.01. The summed E-state index contributed by atoms with van der Waals surface area (Å²) in [4.78, 5) is 0. The highest BCUT2D eigenvalue weighted by molar-refractivity contribution is 6.31. The largest absolute Gasteiger partial charge is 0.238 e. The molecular weight excluding hydrogens is 268 g/mol. The van der Waals surface area contributed by atoms with E-state index in [1.807, 2.05) is 10.7 Å². The molecule has 0 fully saturated rings. The van der Waals surface area contributed by atoms with Crippen LogP contribution >= 0.6 is 11.6 Å². The maximum atomic E-state index is 6.39. The summed E-state index contributed by atoms with van der Waals surface area (Å²) >= 11 is 6.39. The van der Waals surface area contributed by atoms with Gasteiger partial charge in [-0.05, 0) is 48.9 Å². The fourth-order valence-electron chi connectivity index (χ4n) is 2.86. The molecule has 2 aromatic rings. The number of aryl methyl sites for hydroxylation is 1. The fraction of sp³-hybridized carbons (Fsp3) is 0.471. The summed E-state index contributed by atoms with van der Waals surface area (Å²) < 4.78 is 2.00. The van der Waals surface area contributed by atoms with Crippen LogP contribution in [-0.4, -0.2) is 9.78 Å². The van der Waals surface area contributed by atoms with Crippen LogP contribution in [0.1, 0.15) is 62.0 Å². The molecule has 0 amide bonds. The van der Waals surface area contributed by atoms with E-state index < -0.39 is 0 Å². The highest BCUT2D eigenvalue weighted by Crippen LogP contribution is 2.29. The summed E-state index contributed by atoms with van der Waals surface area (Å²) in [5.41, 5.74) is 5.84. The van der Waals surface area contributed by atoms with E-state index in [0.29, 0.717) is 11.8 Å². The lowest BCUT2D eigenvalue weighted by atomic mass is 10.0. The minimum atomic E-state index is 0.434. The molecule has 0 bridgehead atoms. The van der Waals surface area contributed by atoms with E-state index in [9.17, 15) is 0 Å². The average molecular weight is 291 g/mol. The molecule has 0 aliphatic heterocycles. The molecule has 0 aliphatic carbocycles. The minimum Gasteiger partial charge on any atom is -0.238 e. The lowest BCUT2D eigenvalue weighted by Gasteiger charge is -2.12. The molecule has 0 N–H and O–H groups in total. The van der Waals surface area contributed by atoms with Crippen LogP contribution in [-0.2, 0) is 0 Å². The molecule has 1 heterocycles. The van der Waals surface area contributed by atoms with E-state index in [1.54, 1.807) is 0 Å². The van der Waals surface area contributed by atoms with Gasteiger partial charge >= 0.3 is 0 Å². The van der Waals surface area contributed by atoms with Gasteiger partial charge in [-0.2, -0.15) is 5.10 Å². The van der Waals surface area contributed by atoms with Crippen LogP contribution in [0, 0.1) is 13.8 Å². The number of halogens is 1. The second-order valence-corrected chi connectivity index (χ2v) is 6.42. The van der Waals surface area contributed by atoms with Crippen LogP contribution in [0.25, 0.3) is 5.69 Å². The van der Waals surface area contributed by atoms with Gasteiger partial charge in [0.2, 0.25) is 0 Å². The number of hydrogen-bond acceptors (Lipinski definition) is 1. The van der Waals surface area contributed by atoms with Crippen molar-refractivity contribution in [1.82, 2.24) is 9.78 Å². The first-order chi connectivity index (χ1) is 9.32. The van der Waals surface area contributed by atoms with E-state index in [-0.39, 0.29) is 0 Å². The van der Waals surface area contributed by atoms with Crippen molar-refractivity contribution in [2.45, 2.75) is 53.4 Å². The van der Waals surface area contributed by atoms with E-state index in [2.05, 4.69) is 58.8 Å². The summed E-state index contributed by atoms with van der Waals surface area (Å²) in [5, 5.41) is 5.49. The summed E-state index contributed by atoms with van der Waals surface area (Å²) in [6.45, 7) is 12.9. The third kappa shape index (κ3) is 2.62. The van der Waals surface area contributed by atoms with Gasteiger partial charge in [0.15, 0.2) is 0 Å². The maximum absolute atomic E-state index is 6.39. The Morgan fingerprint density at radius 2 is 1.70 bits per heavy atom. The monoisotopic (exact) mass is 290 g/mol. The van der Waals surface area contributed by atoms with Gasteiger partial charge in [-0.1, -0.05) is 45.4 Å². The van der Waals surface area contributed by atoms with E-state index in [4.69, 9.17) is 11.6 Å². The quantitative estimate of drug-likeness (QED) is 0.741. The van der Waals surface area contributed by atoms with Crippen molar-refractivity contribution in [3.63, 3.8) is 0 Å². The Balaban J connectivity index is 2.53. The standard InChI is InChI=1S/C17H23ClN2/c1-10(2)15-8-7-14(9-16(15)18)20-13(6)17(11(3)4)12(5)19-20/h7-11H,1-6H3. The first-order valence-corrected chi connectivity index (χ1v) is 7.56. The molecule has 1 aromatic carbocycles. The van der Waals surface area contributed by atoms with Crippen molar-refractivity contribution in [1.29, 1.82) is 0 Å². The highest BCUT2D eigenvalue weighted by atomic mass is 35.5. The third-order valence-electron chi connectivity index (χ3n) is 3.78. The lowest BCUT2D eigenvalue weighted by molar-refractivity contribution is 0.818. The smallest absolute Gasteiger partial charge is 0.0663 e. The predicted octanol–water partition coefficient (Wildman–Crippen LogP) is 5.39. The zero-order chi connectivity index (χ0) is 15.0. The molecule has 2 nitrogen and oxygen atoms in total. The summed E-state index contributed by atoms with van der Waals surface area (Å²) in [7, 11) is 0. The molecule has 1 aromatic heterocycles. The van der Waals surface area contributed by atoms with Crippen molar-refractivity contribution < 1.29 is 0 Å². The molecule has 0 spiro atoms. The van der Waals surface area contributed by atoms with Crippen LogP contribution < -0.4 is 0 Å². The molecule has 2 rings (SSSR count). The minimum absolute atomic E-state index is 0.434. The number of hydrogen-bond donors (Lipinski definition) is 0. The Labute approximate surface area is 126 Å². The molecular formula is C17H23ClN2. The van der Waals surface area contributed by atoms with Crippen molar-refractivity contribution >= 4 is 11.6 Å². The number of rotatable bonds is 3. The molecule has 0 radical (unpaired) electrons. The number of benzene rings is 1. The first kappa shape index (κ1) is 15.1. The van der Waals surface area contributed by atoms with Crippen molar-refractivity contribution in [3.8, 4) is 5.69 Å². The Morgan fingerprint density at radius 1 is 1.05 bits per heavy atom. The van der Waals surface area contributed by atoms with Gasteiger partial charge in [0.25, 0.3) is 0 Å². The Morgan fingerprint density at radius 3 is 2.15 bits per heavy atom. The number of aromatic nitrogens is 2. The van der Waals surface area contributed by atoms with Gasteiger partial charge in [-0.25, -0.2) is 4.68 Å². The molecule has 0 unspecified atom stereocenters. The van der Waals surface area contributed by atoms with Crippen molar-refractivity contribution in [2.24, 2.45) is 0 Å². The molecule has 0 saturated heterocycles. The van der Waals surface area contributed by atoms with Crippen molar-refractivity contribution in [3.05, 3.63) is 45.7 Å². The van der Waals surface area contributed by atoms with Crippen molar-refractivity contribution in [2.75, 3.05) is 0 Å². The molecule has 0 saturated carbocycles. The topological polar surface area (TPSA) is 17.8 Å². The second kappa shape index (κ2) is 5.61. The van der Waals surface area contributed by atoms with Gasteiger partial charge in [-0.15, -0.1) is 0 Å². The number of nitrogens with zero attached hydrogens (tertiary/aromatic N) is 2. The molecule has 3 heteroatoms. The second-order valence-electron chi connectivity index (χ2n) is 6.01. The van der Waals surface area contributed by atoms with Gasteiger partial charge in [0, 0.05) is 10.7 Å². The maximum Gasteiger partial charge on any atom is 0.0663 e. The van der Waals surface area contributed by atoms with Gasteiger partial charge in [0.05, 0.1) is 11.4 Å². The Kier molecular flexibility index (Phi) is 4.24. The molecule has 0 atom stereocenters. The van der Waals surface area contributed by atoms with Crippen LogP contribution in [0.4, 0.5) is 0 Å². The summed E-state index contributed by atoms with van der Waals surface area (Å²) in [6, 6.07) is 6.22. The molecule has 0 aliphatic rings. The Hall–Kier alpha value is -1.28. The third-order valence-corrected chi connectivity index (χ3v) is 4.10. The molecule has 108 valence electrons. The molecule has 20 heavy (non-hydrogen) atoms. The fourth-order valence-corrected chi connectivity index (χ4v) is 3.25. The summed E-state index contributed by atoms with van der Waals surface area (Å²) in [6.07, 6.45) is 0.